The molecular formula is C13H17BrF4N2O. The molecular weight excluding hydrogens is 356 g/mol. The molecule has 1 rings (SSSR count). The fourth-order valence-electron chi connectivity index (χ4n) is 1.66. The number of alkyl halides is 4. The summed E-state index contributed by atoms with van der Waals surface area (Å²) in [6.07, 6.45) is -1.63. The third-order valence-corrected chi connectivity index (χ3v) is 3.14. The Morgan fingerprint density at radius 1 is 1.38 bits per heavy atom. The lowest BCUT2D eigenvalue weighted by Gasteiger charge is -2.20. The van der Waals surface area contributed by atoms with Crippen molar-refractivity contribution in [1.82, 2.24) is 10.3 Å². The molecule has 1 heterocycles. The van der Waals surface area contributed by atoms with Crippen LogP contribution in [0.4, 0.5) is 17.6 Å². The van der Waals surface area contributed by atoms with Gasteiger partial charge in [0.05, 0.1) is 6.61 Å². The molecule has 0 aliphatic carbocycles. The van der Waals surface area contributed by atoms with Gasteiger partial charge in [-0.2, -0.15) is 8.78 Å². The van der Waals surface area contributed by atoms with E-state index in [1.807, 2.05) is 13.0 Å². The molecule has 0 aliphatic heterocycles. The van der Waals surface area contributed by atoms with Gasteiger partial charge in [-0.3, -0.25) is 4.98 Å². The molecule has 0 saturated heterocycles. The molecule has 1 unspecified atom stereocenters. The van der Waals surface area contributed by atoms with E-state index in [-0.39, 0.29) is 12.6 Å². The first-order valence-electron chi connectivity index (χ1n) is 6.42. The van der Waals surface area contributed by atoms with Gasteiger partial charge in [-0.25, -0.2) is 8.78 Å². The number of nitrogens with zero attached hydrogens (tertiary/aromatic N) is 1. The lowest BCUT2D eigenvalue weighted by atomic mass is 10.1. The van der Waals surface area contributed by atoms with Gasteiger partial charge in [0.25, 0.3) is 0 Å². The molecule has 0 aromatic carbocycles. The minimum Gasteiger partial charge on any atom is -0.373 e. The van der Waals surface area contributed by atoms with E-state index in [2.05, 4.69) is 26.2 Å². The van der Waals surface area contributed by atoms with Crippen molar-refractivity contribution in [2.24, 2.45) is 0 Å². The van der Waals surface area contributed by atoms with Gasteiger partial charge >= 0.3 is 12.3 Å². The zero-order valence-corrected chi connectivity index (χ0v) is 13.0. The van der Waals surface area contributed by atoms with Gasteiger partial charge < -0.3 is 10.1 Å². The van der Waals surface area contributed by atoms with Gasteiger partial charge in [-0.1, -0.05) is 6.92 Å². The predicted molar refractivity (Wildman–Crippen MR) is 74.9 cm³/mol. The minimum absolute atomic E-state index is 0.0894. The predicted octanol–water partition coefficient (Wildman–Crippen LogP) is 3.28. The molecule has 21 heavy (non-hydrogen) atoms. The maximum Gasteiger partial charge on any atom is 0.330 e. The van der Waals surface area contributed by atoms with Crippen LogP contribution in [0.3, 0.4) is 0 Å². The molecule has 0 bridgehead atoms. The largest absolute Gasteiger partial charge is 0.373 e. The van der Waals surface area contributed by atoms with Gasteiger partial charge in [-0.15, -0.1) is 0 Å². The van der Waals surface area contributed by atoms with Crippen molar-refractivity contribution in [3.63, 3.8) is 0 Å². The number of likely N-dealkylation sites (N-methyl/N-ethyl adjacent to an activating group) is 1. The van der Waals surface area contributed by atoms with Crippen LogP contribution in [0.5, 0.6) is 0 Å². The summed E-state index contributed by atoms with van der Waals surface area (Å²) in [5.41, 5.74) is 0.758. The Hall–Kier alpha value is -0.730. The zero-order valence-electron chi connectivity index (χ0n) is 11.5. The fraction of sp³-hybridized carbons (Fsp3) is 0.615. The van der Waals surface area contributed by atoms with Crippen LogP contribution in [0, 0.1) is 0 Å². The van der Waals surface area contributed by atoms with E-state index in [0.717, 1.165) is 10.2 Å². The van der Waals surface area contributed by atoms with Crippen molar-refractivity contribution in [1.29, 1.82) is 0 Å². The Morgan fingerprint density at radius 3 is 2.62 bits per heavy atom. The Kier molecular flexibility index (Phi) is 7.55. The average molecular weight is 373 g/mol. The topological polar surface area (TPSA) is 34.1 Å². The molecule has 1 N–H and O–H groups in total. The summed E-state index contributed by atoms with van der Waals surface area (Å²) in [6.45, 7) is 1.08. The van der Waals surface area contributed by atoms with Gasteiger partial charge in [0.15, 0.2) is 0 Å². The van der Waals surface area contributed by atoms with Gasteiger partial charge in [0.2, 0.25) is 0 Å². The van der Waals surface area contributed by atoms with Gasteiger partial charge in [0, 0.05) is 28.8 Å². The van der Waals surface area contributed by atoms with Crippen molar-refractivity contribution in [3.8, 4) is 0 Å². The number of hydrogen-bond donors (Lipinski definition) is 1. The number of pyridine rings is 1. The molecule has 0 radical (unpaired) electrons. The molecule has 0 spiro atoms. The van der Waals surface area contributed by atoms with E-state index in [1.54, 1.807) is 12.3 Å². The van der Waals surface area contributed by atoms with Crippen LogP contribution in [0.15, 0.2) is 22.8 Å². The highest BCUT2D eigenvalue weighted by molar-refractivity contribution is 9.10. The van der Waals surface area contributed by atoms with Crippen molar-refractivity contribution >= 4 is 15.9 Å². The normalized spacial score (nSPS) is 13.7. The SMILES string of the molecule is CCNC(COCC(F)(F)C(F)F)Cc1ccc(Br)cn1. The molecule has 1 aromatic rings. The molecule has 120 valence electrons. The fourth-order valence-corrected chi connectivity index (χ4v) is 1.89. The standard InChI is InChI=1S/C13H17BrF4N2O/c1-2-19-11(5-10-4-3-9(14)6-20-10)7-21-8-13(17,18)12(15)16/h3-4,6,11-12,19H,2,5,7-8H2,1H3. The van der Waals surface area contributed by atoms with Crippen molar-refractivity contribution in [2.75, 3.05) is 19.8 Å². The Morgan fingerprint density at radius 2 is 2.10 bits per heavy atom. The summed E-state index contributed by atoms with van der Waals surface area (Å²) >= 11 is 3.26. The van der Waals surface area contributed by atoms with Crippen molar-refractivity contribution in [2.45, 2.75) is 31.7 Å². The number of halogens is 5. The Labute approximate surface area is 129 Å². The second-order valence-corrected chi connectivity index (χ2v) is 5.42. The van der Waals surface area contributed by atoms with Crippen LogP contribution >= 0.6 is 15.9 Å². The number of aromatic nitrogens is 1. The Bertz CT molecular complexity index is 417. The summed E-state index contributed by atoms with van der Waals surface area (Å²) < 4.78 is 55.1. The molecule has 8 heteroatoms. The summed E-state index contributed by atoms with van der Waals surface area (Å²) in [7, 11) is 0. The third kappa shape index (κ3) is 6.71. The first-order chi connectivity index (χ1) is 9.85. The Balaban J connectivity index is 2.48. The van der Waals surface area contributed by atoms with Crippen LogP contribution in [-0.2, 0) is 11.2 Å². The van der Waals surface area contributed by atoms with Crippen LogP contribution in [-0.4, -0.2) is 43.1 Å². The van der Waals surface area contributed by atoms with E-state index in [4.69, 9.17) is 4.74 Å². The second kappa shape index (κ2) is 8.65. The van der Waals surface area contributed by atoms with Crippen LogP contribution in [0.1, 0.15) is 12.6 Å². The van der Waals surface area contributed by atoms with E-state index in [9.17, 15) is 17.6 Å². The number of ether oxygens (including phenoxy) is 1. The van der Waals surface area contributed by atoms with Crippen LogP contribution < -0.4 is 5.32 Å². The summed E-state index contributed by atoms with van der Waals surface area (Å²) in [4.78, 5) is 4.17. The lowest BCUT2D eigenvalue weighted by Crippen LogP contribution is -2.39. The van der Waals surface area contributed by atoms with E-state index in [0.29, 0.717) is 13.0 Å². The molecule has 0 fully saturated rings. The lowest BCUT2D eigenvalue weighted by molar-refractivity contribution is -0.167. The first-order valence-corrected chi connectivity index (χ1v) is 7.22. The molecule has 0 saturated carbocycles. The quantitative estimate of drug-likeness (QED) is 0.675. The van der Waals surface area contributed by atoms with Gasteiger partial charge in [-0.05, 0) is 34.6 Å². The molecule has 1 atom stereocenters. The maximum atomic E-state index is 12.7. The number of hydrogen-bond acceptors (Lipinski definition) is 3. The van der Waals surface area contributed by atoms with Crippen molar-refractivity contribution < 1.29 is 22.3 Å². The van der Waals surface area contributed by atoms with E-state index < -0.39 is 19.0 Å². The first kappa shape index (κ1) is 18.3. The van der Waals surface area contributed by atoms with Crippen LogP contribution in [0.25, 0.3) is 0 Å². The highest BCUT2D eigenvalue weighted by atomic mass is 79.9. The molecule has 1 aromatic heterocycles. The second-order valence-electron chi connectivity index (χ2n) is 4.50. The minimum atomic E-state index is -4.12. The smallest absolute Gasteiger partial charge is 0.330 e. The summed E-state index contributed by atoms with van der Waals surface area (Å²) in [5.74, 6) is -4.12. The van der Waals surface area contributed by atoms with Gasteiger partial charge in [0.1, 0.15) is 6.61 Å². The monoisotopic (exact) mass is 372 g/mol. The third-order valence-electron chi connectivity index (χ3n) is 2.67. The molecule has 0 aliphatic rings. The maximum absolute atomic E-state index is 12.7. The number of nitrogens with one attached hydrogen (secondary N) is 1. The highest BCUT2D eigenvalue weighted by Crippen LogP contribution is 2.22. The zero-order chi connectivity index (χ0) is 15.9. The molecule has 0 amide bonds. The average Bonchev–Trinajstić information content (AvgIpc) is 2.41. The highest BCUT2D eigenvalue weighted by Gasteiger charge is 2.41. The van der Waals surface area contributed by atoms with E-state index >= 15 is 0 Å². The summed E-state index contributed by atoms with van der Waals surface area (Å²) in [5, 5.41) is 3.05. The van der Waals surface area contributed by atoms with Crippen molar-refractivity contribution in [3.05, 3.63) is 28.5 Å². The number of rotatable bonds is 9. The summed E-state index contributed by atoms with van der Waals surface area (Å²) in [6, 6.07) is 3.34. The molecule has 3 nitrogen and oxygen atoms in total. The van der Waals surface area contributed by atoms with E-state index in [1.165, 1.54) is 0 Å². The van der Waals surface area contributed by atoms with Crippen LogP contribution in [0.2, 0.25) is 0 Å².